The first-order valence-corrected chi connectivity index (χ1v) is 4.46. The number of ether oxygens (including phenoxy) is 1. The first-order chi connectivity index (χ1) is 5.75. The van der Waals surface area contributed by atoms with Crippen molar-refractivity contribution < 1.29 is 4.74 Å². The van der Waals surface area contributed by atoms with Crippen molar-refractivity contribution in [1.29, 1.82) is 0 Å². The number of rotatable bonds is 3. The van der Waals surface area contributed by atoms with Gasteiger partial charge in [0.1, 0.15) is 0 Å². The minimum absolute atomic E-state index is 0.286. The zero-order chi connectivity index (χ0) is 8.97. The third kappa shape index (κ3) is 2.42. The van der Waals surface area contributed by atoms with E-state index in [-0.39, 0.29) is 6.17 Å². The van der Waals surface area contributed by atoms with E-state index in [1.807, 2.05) is 14.1 Å². The summed E-state index contributed by atoms with van der Waals surface area (Å²) in [6.07, 6.45) is 2.49. The van der Waals surface area contributed by atoms with E-state index in [1.54, 1.807) is 0 Å². The molecular formula is C8H19N3O. The molecule has 1 saturated heterocycles. The van der Waals surface area contributed by atoms with Gasteiger partial charge < -0.3 is 4.74 Å². The van der Waals surface area contributed by atoms with Crippen LogP contribution in [-0.4, -0.2) is 38.4 Å². The van der Waals surface area contributed by atoms with Crippen LogP contribution in [0.2, 0.25) is 0 Å². The van der Waals surface area contributed by atoms with Crippen molar-refractivity contribution in [3.05, 3.63) is 0 Å². The SMILES string of the molecule is CN(C)C(NN)C1CCOCC1. The molecule has 1 unspecified atom stereocenters. The molecule has 1 atom stereocenters. The average molecular weight is 173 g/mol. The Morgan fingerprint density at radius 1 is 1.42 bits per heavy atom. The molecule has 1 aliphatic heterocycles. The molecule has 0 aromatic carbocycles. The van der Waals surface area contributed by atoms with E-state index in [0.717, 1.165) is 26.1 Å². The number of nitrogens with one attached hydrogen (secondary N) is 1. The van der Waals surface area contributed by atoms with Crippen LogP contribution in [0.5, 0.6) is 0 Å². The lowest BCUT2D eigenvalue weighted by atomic mass is 9.96. The molecule has 4 nitrogen and oxygen atoms in total. The highest BCUT2D eigenvalue weighted by Gasteiger charge is 2.24. The van der Waals surface area contributed by atoms with Gasteiger partial charge in [-0.25, -0.2) is 5.43 Å². The first-order valence-electron chi connectivity index (χ1n) is 4.46. The second kappa shape index (κ2) is 4.77. The van der Waals surface area contributed by atoms with Gasteiger partial charge in [0.25, 0.3) is 0 Å². The van der Waals surface area contributed by atoms with Gasteiger partial charge >= 0.3 is 0 Å². The molecule has 0 bridgehead atoms. The molecule has 0 spiro atoms. The van der Waals surface area contributed by atoms with Crippen LogP contribution < -0.4 is 11.3 Å². The highest BCUT2D eigenvalue weighted by atomic mass is 16.5. The van der Waals surface area contributed by atoms with E-state index in [0.29, 0.717) is 5.92 Å². The Labute approximate surface area is 74.0 Å². The summed E-state index contributed by atoms with van der Waals surface area (Å²) < 4.78 is 5.29. The van der Waals surface area contributed by atoms with Gasteiger partial charge in [-0.05, 0) is 32.9 Å². The fourth-order valence-corrected chi connectivity index (χ4v) is 1.74. The van der Waals surface area contributed by atoms with Gasteiger partial charge in [0, 0.05) is 13.2 Å². The van der Waals surface area contributed by atoms with E-state index in [9.17, 15) is 0 Å². The smallest absolute Gasteiger partial charge is 0.0751 e. The predicted octanol–water partition coefficient (Wildman–Crippen LogP) is -0.236. The number of hydrogen-bond acceptors (Lipinski definition) is 4. The van der Waals surface area contributed by atoms with E-state index >= 15 is 0 Å². The van der Waals surface area contributed by atoms with Crippen LogP contribution in [-0.2, 0) is 4.74 Å². The minimum atomic E-state index is 0.286. The van der Waals surface area contributed by atoms with E-state index < -0.39 is 0 Å². The van der Waals surface area contributed by atoms with Crippen LogP contribution in [0.15, 0.2) is 0 Å². The van der Waals surface area contributed by atoms with Gasteiger partial charge in [-0.15, -0.1) is 0 Å². The molecule has 3 N–H and O–H groups in total. The van der Waals surface area contributed by atoms with Gasteiger partial charge in [-0.2, -0.15) is 0 Å². The summed E-state index contributed by atoms with van der Waals surface area (Å²) in [7, 11) is 4.08. The van der Waals surface area contributed by atoms with Crippen LogP contribution >= 0.6 is 0 Å². The van der Waals surface area contributed by atoms with Crippen molar-refractivity contribution in [2.75, 3.05) is 27.3 Å². The molecule has 72 valence electrons. The van der Waals surface area contributed by atoms with E-state index in [4.69, 9.17) is 10.6 Å². The van der Waals surface area contributed by atoms with Crippen LogP contribution in [0, 0.1) is 5.92 Å². The summed E-state index contributed by atoms with van der Waals surface area (Å²) in [5.74, 6) is 6.10. The molecule has 0 amide bonds. The Bertz CT molecular complexity index is 123. The first kappa shape index (κ1) is 9.92. The molecule has 1 fully saturated rings. The van der Waals surface area contributed by atoms with Crippen molar-refractivity contribution >= 4 is 0 Å². The van der Waals surface area contributed by atoms with E-state index in [2.05, 4.69) is 10.3 Å². The lowest BCUT2D eigenvalue weighted by molar-refractivity contribution is 0.0282. The molecule has 1 aliphatic rings. The molecule has 4 heteroatoms. The number of nitrogens with zero attached hydrogens (tertiary/aromatic N) is 1. The second-order valence-electron chi connectivity index (χ2n) is 3.52. The fraction of sp³-hybridized carbons (Fsp3) is 1.00. The normalized spacial score (nSPS) is 23.0. The molecule has 0 aliphatic carbocycles. The summed E-state index contributed by atoms with van der Waals surface area (Å²) in [5.41, 5.74) is 2.84. The van der Waals surface area contributed by atoms with Crippen molar-refractivity contribution in [3.63, 3.8) is 0 Å². The highest BCUT2D eigenvalue weighted by molar-refractivity contribution is 4.74. The van der Waals surface area contributed by atoms with Crippen LogP contribution in [0.4, 0.5) is 0 Å². The number of hydrazine groups is 1. The summed E-state index contributed by atoms with van der Waals surface area (Å²) in [4.78, 5) is 2.12. The Morgan fingerprint density at radius 3 is 2.42 bits per heavy atom. The molecule has 0 aromatic rings. The molecule has 1 heterocycles. The van der Waals surface area contributed by atoms with Gasteiger partial charge in [0.2, 0.25) is 0 Å². The van der Waals surface area contributed by atoms with Crippen LogP contribution in [0.1, 0.15) is 12.8 Å². The van der Waals surface area contributed by atoms with Gasteiger partial charge in [0.15, 0.2) is 0 Å². The third-order valence-corrected chi connectivity index (χ3v) is 2.44. The largest absolute Gasteiger partial charge is 0.381 e. The highest BCUT2D eigenvalue weighted by Crippen LogP contribution is 2.19. The maximum Gasteiger partial charge on any atom is 0.0751 e. The Hall–Kier alpha value is -0.160. The molecule has 1 rings (SSSR count). The molecule has 0 aromatic heterocycles. The fourth-order valence-electron chi connectivity index (χ4n) is 1.74. The standard InChI is InChI=1S/C8H19N3O/c1-11(2)8(10-9)7-3-5-12-6-4-7/h7-8,10H,3-6,9H2,1-2H3. The average Bonchev–Trinajstić information content (AvgIpc) is 2.07. The summed E-state index contributed by atoms with van der Waals surface area (Å²) in [5, 5.41) is 0. The van der Waals surface area contributed by atoms with Crippen LogP contribution in [0.3, 0.4) is 0 Å². The van der Waals surface area contributed by atoms with Crippen molar-refractivity contribution in [1.82, 2.24) is 10.3 Å². The molecule has 12 heavy (non-hydrogen) atoms. The number of hydrogen-bond donors (Lipinski definition) is 2. The Balaban J connectivity index is 2.40. The molecular weight excluding hydrogens is 154 g/mol. The topological polar surface area (TPSA) is 50.5 Å². The molecule has 0 saturated carbocycles. The second-order valence-corrected chi connectivity index (χ2v) is 3.52. The van der Waals surface area contributed by atoms with Crippen molar-refractivity contribution in [2.24, 2.45) is 11.8 Å². The molecule has 0 radical (unpaired) electrons. The van der Waals surface area contributed by atoms with Gasteiger partial charge in [0.05, 0.1) is 6.17 Å². The zero-order valence-corrected chi connectivity index (χ0v) is 7.92. The van der Waals surface area contributed by atoms with Gasteiger partial charge in [-0.1, -0.05) is 0 Å². The Morgan fingerprint density at radius 2 is 2.00 bits per heavy atom. The van der Waals surface area contributed by atoms with E-state index in [1.165, 1.54) is 0 Å². The summed E-state index contributed by atoms with van der Waals surface area (Å²) >= 11 is 0. The number of nitrogens with two attached hydrogens (primary N) is 1. The summed E-state index contributed by atoms with van der Waals surface area (Å²) in [6, 6.07) is 0. The zero-order valence-electron chi connectivity index (χ0n) is 7.92. The lowest BCUT2D eigenvalue weighted by Crippen LogP contribution is -2.51. The maximum atomic E-state index is 5.47. The van der Waals surface area contributed by atoms with Crippen molar-refractivity contribution in [3.8, 4) is 0 Å². The van der Waals surface area contributed by atoms with Crippen LogP contribution in [0.25, 0.3) is 0 Å². The van der Waals surface area contributed by atoms with Crippen molar-refractivity contribution in [2.45, 2.75) is 19.0 Å². The maximum absolute atomic E-state index is 5.47. The monoisotopic (exact) mass is 173 g/mol. The predicted molar refractivity (Wildman–Crippen MR) is 48.3 cm³/mol. The Kier molecular flexibility index (Phi) is 3.94. The quantitative estimate of drug-likeness (QED) is 0.351. The summed E-state index contributed by atoms with van der Waals surface area (Å²) in [6.45, 7) is 1.74. The minimum Gasteiger partial charge on any atom is -0.381 e. The third-order valence-electron chi connectivity index (χ3n) is 2.44. The van der Waals surface area contributed by atoms with Gasteiger partial charge in [-0.3, -0.25) is 10.7 Å². The lowest BCUT2D eigenvalue weighted by Gasteiger charge is -2.33.